The van der Waals surface area contributed by atoms with Crippen LogP contribution in [0.1, 0.15) is 38.5 Å². The van der Waals surface area contributed by atoms with E-state index in [0.717, 1.165) is 0 Å². The van der Waals surface area contributed by atoms with E-state index in [9.17, 15) is 0 Å². The first-order valence-corrected chi connectivity index (χ1v) is 2.91. The molecule has 0 unspecified atom stereocenters. The average Bonchev–Trinajstić information content (AvgIpc) is 2.12. The van der Waals surface area contributed by atoms with Crippen LogP contribution in [0.15, 0.2) is 30.3 Å². The van der Waals surface area contributed by atoms with Gasteiger partial charge in [-0.15, -0.1) is 0 Å². The Kier molecular flexibility index (Phi) is 0.460. The van der Waals surface area contributed by atoms with Crippen molar-refractivity contribution in [1.82, 2.24) is 0 Å². The van der Waals surface area contributed by atoms with E-state index in [-0.39, 0.29) is 5.56 Å². The molecule has 0 nitrogen and oxygen atoms in total. The Bertz CT molecular complexity index is 387. The fourth-order valence-corrected chi connectivity index (χ4v) is 0.688. The van der Waals surface area contributed by atoms with E-state index in [2.05, 4.69) is 0 Å². The number of rotatable bonds is 0. The lowest BCUT2D eigenvalue weighted by molar-refractivity contribution is 0.590. The summed E-state index contributed by atoms with van der Waals surface area (Å²) in [5.41, 5.74) is -3.12. The molecule has 0 saturated heterocycles. The Balaban J connectivity index is 3.76. The summed E-state index contributed by atoms with van der Waals surface area (Å²) in [4.78, 5) is 0. The van der Waals surface area contributed by atoms with Crippen molar-refractivity contribution in [2.24, 2.45) is 0 Å². The molecule has 0 fully saturated rings. The molecule has 0 saturated carbocycles. The third-order valence-corrected chi connectivity index (χ3v) is 1.21. The van der Waals surface area contributed by atoms with Gasteiger partial charge in [0.05, 0.1) is 0 Å². The highest BCUT2D eigenvalue weighted by Gasteiger charge is 2.11. The van der Waals surface area contributed by atoms with Gasteiger partial charge in [0.15, 0.2) is 0 Å². The number of hydrogen-bond donors (Lipinski definition) is 0. The van der Waals surface area contributed by atoms with Gasteiger partial charge in [0.25, 0.3) is 0 Å². The van der Waals surface area contributed by atoms with Gasteiger partial charge in [0.1, 0.15) is 0 Å². The molecule has 0 aliphatic rings. The van der Waals surface area contributed by atoms with Gasteiger partial charge < -0.3 is 0 Å². The zero-order valence-electron chi connectivity index (χ0n) is 14.4. The van der Waals surface area contributed by atoms with Gasteiger partial charge in [-0.3, -0.25) is 0 Å². The first kappa shape index (κ1) is 1.88. The second kappa shape index (κ2) is 2.45. The molecule has 0 heterocycles. The standard InChI is InChI=1S/C10H14/c1-10(2,3)9-7-5-4-6-8-9/h4-8H,1-3H3/i1D3,2D3,3D3. The molecular weight excluding hydrogens is 120 g/mol. The minimum absolute atomic E-state index is 0.227. The van der Waals surface area contributed by atoms with Gasteiger partial charge in [-0.1, -0.05) is 50.9 Å². The van der Waals surface area contributed by atoms with Crippen LogP contribution in [-0.2, 0) is 5.41 Å². The summed E-state index contributed by atoms with van der Waals surface area (Å²) >= 11 is 0. The second-order valence-electron chi connectivity index (χ2n) is 2.12. The summed E-state index contributed by atoms with van der Waals surface area (Å²) in [6, 6.07) is 6.86. The summed E-state index contributed by atoms with van der Waals surface area (Å²) < 4.78 is 67.5. The smallest absolute Gasteiger partial charge is 0.0239 e. The third-order valence-electron chi connectivity index (χ3n) is 1.21. The molecule has 1 aromatic carbocycles. The predicted molar refractivity (Wildman–Crippen MR) is 45.1 cm³/mol. The van der Waals surface area contributed by atoms with Gasteiger partial charge in [-0.2, -0.15) is 0 Å². The molecule has 0 N–H and O–H groups in total. The Labute approximate surface area is 75.5 Å². The maximum Gasteiger partial charge on any atom is 0.0239 e. The second-order valence-corrected chi connectivity index (χ2v) is 2.12. The molecule has 0 bridgehead atoms. The first-order chi connectivity index (χ1) is 8.36. The Morgan fingerprint density at radius 1 is 1.10 bits per heavy atom. The Hall–Kier alpha value is -0.780. The molecule has 54 valence electrons. The van der Waals surface area contributed by atoms with E-state index in [1.54, 1.807) is 6.07 Å². The van der Waals surface area contributed by atoms with Crippen molar-refractivity contribution in [1.29, 1.82) is 0 Å². The van der Waals surface area contributed by atoms with E-state index >= 15 is 0 Å². The van der Waals surface area contributed by atoms with Crippen LogP contribution in [0.4, 0.5) is 0 Å². The van der Waals surface area contributed by atoms with Crippen molar-refractivity contribution >= 4 is 0 Å². The topological polar surface area (TPSA) is 0 Å². The molecule has 0 aromatic heterocycles. The van der Waals surface area contributed by atoms with Crippen molar-refractivity contribution in [3.8, 4) is 0 Å². The SMILES string of the molecule is [2H]C([2H])([2H])C(c1ccccc1)(C([2H])([2H])[2H])C([2H])([2H])[2H]. The van der Waals surface area contributed by atoms with E-state index in [4.69, 9.17) is 12.3 Å². The quantitative estimate of drug-likeness (QED) is 0.524. The van der Waals surface area contributed by atoms with E-state index in [1.165, 1.54) is 24.3 Å². The van der Waals surface area contributed by atoms with Crippen molar-refractivity contribution in [3.05, 3.63) is 35.9 Å². The highest BCUT2D eigenvalue weighted by molar-refractivity contribution is 5.21. The lowest BCUT2D eigenvalue weighted by Crippen LogP contribution is -2.10. The molecule has 0 radical (unpaired) electrons. The van der Waals surface area contributed by atoms with E-state index < -0.39 is 26.0 Å². The Morgan fingerprint density at radius 3 is 2.20 bits per heavy atom. The van der Waals surface area contributed by atoms with Crippen LogP contribution in [0.2, 0.25) is 0 Å². The zero-order chi connectivity index (χ0) is 15.1. The largest absolute Gasteiger partial charge is 0.0622 e. The van der Waals surface area contributed by atoms with Gasteiger partial charge in [0.2, 0.25) is 0 Å². The summed E-state index contributed by atoms with van der Waals surface area (Å²) in [7, 11) is 0. The lowest BCUT2D eigenvalue weighted by Gasteiger charge is -2.18. The van der Waals surface area contributed by atoms with Crippen LogP contribution in [0.3, 0.4) is 0 Å². The average molecular weight is 143 g/mol. The van der Waals surface area contributed by atoms with Crippen molar-refractivity contribution in [2.45, 2.75) is 26.0 Å². The molecule has 0 amide bonds. The predicted octanol–water partition coefficient (Wildman–Crippen LogP) is 2.98. The molecular formula is C10H14. The van der Waals surface area contributed by atoms with E-state index in [1.807, 2.05) is 0 Å². The van der Waals surface area contributed by atoms with Gasteiger partial charge in [-0.05, 0) is 11.0 Å². The molecule has 0 heteroatoms. The first-order valence-electron chi connectivity index (χ1n) is 7.41. The fourth-order valence-electron chi connectivity index (χ4n) is 0.688. The molecule has 0 aliphatic carbocycles. The molecule has 10 heavy (non-hydrogen) atoms. The van der Waals surface area contributed by atoms with Crippen molar-refractivity contribution in [3.63, 3.8) is 0 Å². The minimum Gasteiger partial charge on any atom is -0.0622 e. The van der Waals surface area contributed by atoms with Crippen LogP contribution < -0.4 is 0 Å². The van der Waals surface area contributed by atoms with Crippen LogP contribution in [0.25, 0.3) is 0 Å². The summed E-state index contributed by atoms with van der Waals surface area (Å²) in [5.74, 6) is 0. The normalized spacial score (nSPS) is 28.6. The summed E-state index contributed by atoms with van der Waals surface area (Å²) in [6.45, 7) is -9.57. The highest BCUT2D eigenvalue weighted by atomic mass is 14.2. The third kappa shape index (κ3) is 1.60. The van der Waals surface area contributed by atoms with Gasteiger partial charge in [0, 0.05) is 12.3 Å². The molecule has 0 spiro atoms. The summed E-state index contributed by atoms with van der Waals surface area (Å²) in [5, 5.41) is 0. The minimum atomic E-state index is -3.19. The Morgan fingerprint density at radius 2 is 1.70 bits per heavy atom. The van der Waals surface area contributed by atoms with E-state index in [0.29, 0.717) is 0 Å². The van der Waals surface area contributed by atoms with Crippen LogP contribution >= 0.6 is 0 Å². The number of hydrogen-bond acceptors (Lipinski definition) is 0. The maximum atomic E-state index is 7.50. The molecule has 0 aliphatic heterocycles. The fraction of sp³-hybridized carbons (Fsp3) is 0.400. The number of benzene rings is 1. The van der Waals surface area contributed by atoms with Crippen molar-refractivity contribution in [2.75, 3.05) is 0 Å². The van der Waals surface area contributed by atoms with Crippen LogP contribution in [0.5, 0.6) is 0 Å². The van der Waals surface area contributed by atoms with Crippen molar-refractivity contribution < 1.29 is 12.3 Å². The van der Waals surface area contributed by atoms with Gasteiger partial charge >= 0.3 is 0 Å². The lowest BCUT2D eigenvalue weighted by atomic mass is 9.87. The zero-order valence-corrected chi connectivity index (χ0v) is 5.39. The van der Waals surface area contributed by atoms with Crippen LogP contribution in [-0.4, -0.2) is 0 Å². The summed E-state index contributed by atoms with van der Waals surface area (Å²) in [6.07, 6.45) is 0. The highest BCUT2D eigenvalue weighted by Crippen LogP contribution is 2.20. The maximum absolute atomic E-state index is 7.50. The van der Waals surface area contributed by atoms with Crippen LogP contribution in [0, 0.1) is 0 Å². The van der Waals surface area contributed by atoms with Gasteiger partial charge in [-0.25, -0.2) is 0 Å². The molecule has 1 rings (SSSR count). The molecule has 1 aromatic rings. The monoisotopic (exact) mass is 143 g/mol. The molecule has 0 atom stereocenters.